The topological polar surface area (TPSA) is 170 Å². The molecule has 4 rings (SSSR count). The number of anilines is 3. The summed E-state index contributed by atoms with van der Waals surface area (Å²) in [5.74, 6) is -1.82. The van der Waals surface area contributed by atoms with E-state index >= 15 is 0 Å². The van der Waals surface area contributed by atoms with Gasteiger partial charge in [-0.2, -0.15) is 8.42 Å². The summed E-state index contributed by atoms with van der Waals surface area (Å²) in [6.07, 6.45) is 3.50. The quantitative estimate of drug-likeness (QED) is 0.272. The van der Waals surface area contributed by atoms with E-state index in [1.54, 1.807) is 24.5 Å². The predicted molar refractivity (Wildman–Crippen MR) is 138 cm³/mol. The van der Waals surface area contributed by atoms with Crippen molar-refractivity contribution < 1.29 is 32.4 Å². The first kappa shape index (κ1) is 27.4. The highest BCUT2D eigenvalue weighted by Crippen LogP contribution is 2.29. The smallest absolute Gasteiger partial charge is 0.357 e. The van der Waals surface area contributed by atoms with Crippen LogP contribution in [0.2, 0.25) is 0 Å². The van der Waals surface area contributed by atoms with E-state index in [1.165, 1.54) is 18.2 Å². The van der Waals surface area contributed by atoms with E-state index in [1.807, 2.05) is 35.1 Å². The molecule has 2 aromatic carbocycles. The molecule has 0 atom stereocenters. The lowest BCUT2D eigenvalue weighted by Crippen LogP contribution is -2.43. The minimum absolute atomic E-state index is 0.126. The van der Waals surface area contributed by atoms with E-state index < -0.39 is 28.8 Å². The zero-order chi connectivity index (χ0) is 26.7. The van der Waals surface area contributed by atoms with Gasteiger partial charge >= 0.3 is 16.3 Å². The highest BCUT2D eigenvalue weighted by Gasteiger charge is 2.15. The van der Waals surface area contributed by atoms with Crippen LogP contribution in [0.5, 0.6) is 5.75 Å². The maximum Gasteiger partial charge on any atom is 0.357 e. The summed E-state index contributed by atoms with van der Waals surface area (Å²) in [6.45, 7) is 2.84. The van der Waals surface area contributed by atoms with Crippen molar-refractivity contribution in [3.8, 4) is 5.75 Å². The maximum absolute atomic E-state index is 12.6. The molecule has 0 saturated carbocycles. The molecular formula is C24H27N5O7S. The van der Waals surface area contributed by atoms with Gasteiger partial charge in [0.2, 0.25) is 0 Å². The summed E-state index contributed by atoms with van der Waals surface area (Å²) in [7, 11) is -4.65. The lowest BCUT2D eigenvalue weighted by Gasteiger charge is -2.29. The van der Waals surface area contributed by atoms with Gasteiger partial charge in [-0.25, -0.2) is 4.79 Å². The number of carboxylic acid groups (broad SMARTS) is 1. The Morgan fingerprint density at radius 1 is 1.03 bits per heavy atom. The zero-order valence-electron chi connectivity index (χ0n) is 19.7. The van der Waals surface area contributed by atoms with Gasteiger partial charge in [-0.1, -0.05) is 6.07 Å². The van der Waals surface area contributed by atoms with E-state index in [2.05, 4.69) is 20.5 Å². The lowest BCUT2D eigenvalue weighted by molar-refractivity contribution is -0.139. The number of pyridine rings is 1. The third-order valence-corrected chi connectivity index (χ3v) is 5.48. The Bertz CT molecular complexity index is 1260. The number of rotatable bonds is 8. The Morgan fingerprint density at radius 2 is 1.70 bits per heavy atom. The standard InChI is InChI=1S/C19H22N4O7S.C5H5N/c24-18(25)12-30-17-6-3-14(11-16(17)22-31(27,28)29)21-19(26)13-1-4-15(5-2-13)23-9-7-20-8-10-23;1-2-4-6-5-3-1/h1-6,11,20,22H,7-10,12H2,(H,21,26)(H,24,25)(H,27,28,29);1-5H. The molecule has 2 heterocycles. The fourth-order valence-corrected chi connectivity index (χ4v) is 3.79. The van der Waals surface area contributed by atoms with Crippen LogP contribution in [0.4, 0.5) is 17.1 Å². The molecule has 0 bridgehead atoms. The van der Waals surface area contributed by atoms with Gasteiger partial charge in [0.1, 0.15) is 5.75 Å². The molecule has 1 aromatic heterocycles. The van der Waals surface area contributed by atoms with Crippen molar-refractivity contribution in [1.29, 1.82) is 0 Å². The molecule has 37 heavy (non-hydrogen) atoms. The molecule has 1 aliphatic heterocycles. The SMILES string of the molecule is O=C(O)COc1ccc(NC(=O)c2ccc(N3CCNCC3)cc2)cc1NS(=O)(=O)O.c1ccncc1. The second-order valence-electron chi connectivity index (χ2n) is 7.73. The van der Waals surface area contributed by atoms with Crippen molar-refractivity contribution in [3.05, 3.63) is 78.6 Å². The van der Waals surface area contributed by atoms with Crippen LogP contribution in [-0.4, -0.2) is 67.7 Å². The van der Waals surface area contributed by atoms with E-state index in [0.717, 1.165) is 31.9 Å². The molecule has 1 amide bonds. The van der Waals surface area contributed by atoms with Crippen molar-refractivity contribution >= 4 is 39.2 Å². The van der Waals surface area contributed by atoms with Gasteiger partial charge in [0.05, 0.1) is 5.69 Å². The summed E-state index contributed by atoms with van der Waals surface area (Å²) in [5.41, 5.74) is 1.40. The summed E-state index contributed by atoms with van der Waals surface area (Å²) in [4.78, 5) is 29.2. The number of ether oxygens (including phenoxy) is 1. The van der Waals surface area contributed by atoms with Gasteiger partial charge in [0, 0.05) is 55.5 Å². The second-order valence-corrected chi connectivity index (χ2v) is 8.89. The average molecular weight is 530 g/mol. The monoisotopic (exact) mass is 529 g/mol. The predicted octanol–water partition coefficient (Wildman–Crippen LogP) is 2.11. The number of piperazine rings is 1. The molecule has 1 fully saturated rings. The number of carbonyl (C=O) groups excluding carboxylic acids is 1. The molecule has 0 unspecified atom stereocenters. The van der Waals surface area contributed by atoms with Crippen LogP contribution in [0, 0.1) is 0 Å². The number of amides is 1. The number of nitrogens with one attached hydrogen (secondary N) is 3. The summed E-state index contributed by atoms with van der Waals surface area (Å²) < 4.78 is 38.2. The third kappa shape index (κ3) is 9.40. The molecule has 3 aromatic rings. The number of carboxylic acids is 1. The number of hydrogen-bond donors (Lipinski definition) is 5. The number of aromatic nitrogens is 1. The summed E-state index contributed by atoms with van der Waals surface area (Å²) >= 11 is 0. The number of aliphatic carboxylic acids is 1. The van der Waals surface area contributed by atoms with E-state index in [9.17, 15) is 18.0 Å². The molecular weight excluding hydrogens is 502 g/mol. The van der Waals surface area contributed by atoms with Gasteiger partial charge in [0.25, 0.3) is 5.91 Å². The fourth-order valence-electron chi connectivity index (χ4n) is 3.35. The first-order valence-corrected chi connectivity index (χ1v) is 12.6. The summed E-state index contributed by atoms with van der Waals surface area (Å²) in [5, 5.41) is 14.6. The van der Waals surface area contributed by atoms with Crippen LogP contribution in [0.25, 0.3) is 0 Å². The molecule has 5 N–H and O–H groups in total. The van der Waals surface area contributed by atoms with Crippen molar-refractivity contribution in [1.82, 2.24) is 10.3 Å². The van der Waals surface area contributed by atoms with Gasteiger partial charge in [-0.05, 0) is 54.6 Å². The van der Waals surface area contributed by atoms with Gasteiger partial charge in [-0.3, -0.25) is 19.1 Å². The molecule has 0 radical (unpaired) electrons. The van der Waals surface area contributed by atoms with Crippen LogP contribution in [0.1, 0.15) is 10.4 Å². The van der Waals surface area contributed by atoms with E-state index in [-0.39, 0.29) is 17.1 Å². The highest BCUT2D eigenvalue weighted by atomic mass is 32.2. The van der Waals surface area contributed by atoms with Gasteiger partial charge in [-0.15, -0.1) is 0 Å². The number of nitrogens with zero attached hydrogens (tertiary/aromatic N) is 2. The number of benzene rings is 2. The van der Waals surface area contributed by atoms with Crippen LogP contribution in [0.15, 0.2) is 73.1 Å². The first-order valence-electron chi connectivity index (χ1n) is 11.2. The largest absolute Gasteiger partial charge is 0.480 e. The van der Waals surface area contributed by atoms with E-state index in [0.29, 0.717) is 5.56 Å². The van der Waals surface area contributed by atoms with Crippen molar-refractivity contribution in [2.75, 3.05) is 47.7 Å². The molecule has 0 aliphatic carbocycles. The average Bonchev–Trinajstić information content (AvgIpc) is 2.89. The maximum atomic E-state index is 12.6. The first-order chi connectivity index (χ1) is 17.7. The zero-order valence-corrected chi connectivity index (χ0v) is 20.5. The molecule has 1 aliphatic rings. The Labute approximate surface area is 214 Å². The van der Waals surface area contributed by atoms with Gasteiger partial charge < -0.3 is 25.4 Å². The van der Waals surface area contributed by atoms with Crippen molar-refractivity contribution in [2.24, 2.45) is 0 Å². The van der Waals surface area contributed by atoms with E-state index in [4.69, 9.17) is 14.4 Å². The Balaban J connectivity index is 0.000000555. The number of hydrogen-bond acceptors (Lipinski definition) is 8. The molecule has 196 valence electrons. The Hall–Kier alpha value is -4.20. The number of carbonyl (C=O) groups is 2. The molecule has 1 saturated heterocycles. The van der Waals surface area contributed by atoms with Crippen LogP contribution in [0.3, 0.4) is 0 Å². The van der Waals surface area contributed by atoms with Crippen LogP contribution < -0.4 is 25.0 Å². The van der Waals surface area contributed by atoms with Crippen molar-refractivity contribution in [3.63, 3.8) is 0 Å². The second kappa shape index (κ2) is 13.2. The normalized spacial score (nSPS) is 13.1. The minimum atomic E-state index is -4.65. The molecule has 0 spiro atoms. The highest BCUT2D eigenvalue weighted by molar-refractivity contribution is 7.87. The fraction of sp³-hybridized carbons (Fsp3) is 0.208. The van der Waals surface area contributed by atoms with Crippen molar-refractivity contribution in [2.45, 2.75) is 0 Å². The minimum Gasteiger partial charge on any atom is -0.480 e. The van der Waals surface area contributed by atoms with Crippen LogP contribution in [-0.2, 0) is 15.1 Å². The molecule has 13 heteroatoms. The Kier molecular flexibility index (Phi) is 9.77. The lowest BCUT2D eigenvalue weighted by atomic mass is 10.1. The van der Waals surface area contributed by atoms with Gasteiger partial charge in [0.15, 0.2) is 6.61 Å². The Morgan fingerprint density at radius 3 is 2.24 bits per heavy atom. The van der Waals surface area contributed by atoms with Crippen LogP contribution >= 0.6 is 0 Å². The third-order valence-electron chi connectivity index (χ3n) is 5.01. The summed E-state index contributed by atoms with van der Waals surface area (Å²) in [6, 6.07) is 16.7. The molecule has 12 nitrogen and oxygen atoms in total.